The van der Waals surface area contributed by atoms with E-state index in [1.54, 1.807) is 29.5 Å². The summed E-state index contributed by atoms with van der Waals surface area (Å²) in [6.45, 7) is 4.13. The molecule has 1 atom stereocenters. The third-order valence-electron chi connectivity index (χ3n) is 3.05. The maximum Gasteiger partial charge on any atom is 0.339 e. The fourth-order valence-corrected chi connectivity index (χ4v) is 3.16. The standard InChI is InChI=1S/C15H16ClNO2S/c1-9-6-7-20-14(9)10(2)17-13-8-11(16)4-5-12(13)15(18)19-3/h4-8,10,17H,1-3H3. The van der Waals surface area contributed by atoms with Crippen LogP contribution in [0.5, 0.6) is 0 Å². The van der Waals surface area contributed by atoms with E-state index in [-0.39, 0.29) is 12.0 Å². The molecule has 0 amide bonds. The Labute approximate surface area is 127 Å². The van der Waals surface area contributed by atoms with Crippen molar-refractivity contribution in [2.45, 2.75) is 19.9 Å². The van der Waals surface area contributed by atoms with Gasteiger partial charge in [-0.25, -0.2) is 4.79 Å². The molecule has 3 nitrogen and oxygen atoms in total. The van der Waals surface area contributed by atoms with E-state index < -0.39 is 0 Å². The largest absolute Gasteiger partial charge is 0.465 e. The van der Waals surface area contributed by atoms with Gasteiger partial charge in [0.1, 0.15) is 0 Å². The van der Waals surface area contributed by atoms with E-state index in [1.165, 1.54) is 17.6 Å². The van der Waals surface area contributed by atoms with Crippen LogP contribution in [-0.4, -0.2) is 13.1 Å². The van der Waals surface area contributed by atoms with E-state index in [1.807, 2.05) is 0 Å². The second-order valence-corrected chi connectivity index (χ2v) is 5.90. The first-order valence-electron chi connectivity index (χ1n) is 6.21. The highest BCUT2D eigenvalue weighted by Crippen LogP contribution is 2.30. The SMILES string of the molecule is COC(=O)c1ccc(Cl)cc1NC(C)c1sccc1C. The first-order valence-corrected chi connectivity index (χ1v) is 7.47. The lowest BCUT2D eigenvalue weighted by molar-refractivity contribution is 0.0602. The summed E-state index contributed by atoms with van der Waals surface area (Å²) < 4.78 is 4.79. The number of carbonyl (C=O) groups excluding carboxylic acids is 1. The van der Waals surface area contributed by atoms with Gasteiger partial charge in [0.2, 0.25) is 0 Å². The van der Waals surface area contributed by atoms with Crippen LogP contribution in [0.15, 0.2) is 29.6 Å². The van der Waals surface area contributed by atoms with Gasteiger partial charge in [-0.1, -0.05) is 11.6 Å². The Morgan fingerprint density at radius 2 is 2.15 bits per heavy atom. The van der Waals surface area contributed by atoms with Crippen molar-refractivity contribution in [3.05, 3.63) is 50.7 Å². The van der Waals surface area contributed by atoms with E-state index in [0.717, 1.165) is 0 Å². The van der Waals surface area contributed by atoms with Crippen molar-refractivity contribution in [1.82, 2.24) is 0 Å². The highest BCUT2D eigenvalue weighted by atomic mass is 35.5. The lowest BCUT2D eigenvalue weighted by Crippen LogP contribution is -2.11. The van der Waals surface area contributed by atoms with E-state index in [0.29, 0.717) is 16.3 Å². The minimum Gasteiger partial charge on any atom is -0.465 e. The molecule has 0 fully saturated rings. The van der Waals surface area contributed by atoms with Crippen LogP contribution < -0.4 is 5.32 Å². The zero-order valence-electron chi connectivity index (χ0n) is 11.6. The van der Waals surface area contributed by atoms with Gasteiger partial charge < -0.3 is 10.1 Å². The molecule has 0 aliphatic carbocycles. The van der Waals surface area contributed by atoms with Crippen molar-refractivity contribution < 1.29 is 9.53 Å². The first kappa shape index (κ1) is 14.9. The summed E-state index contributed by atoms with van der Waals surface area (Å²) >= 11 is 7.70. The molecule has 0 aliphatic heterocycles. The Hall–Kier alpha value is -1.52. The van der Waals surface area contributed by atoms with Crippen LogP contribution >= 0.6 is 22.9 Å². The summed E-state index contributed by atoms with van der Waals surface area (Å²) in [7, 11) is 1.37. The van der Waals surface area contributed by atoms with Crippen molar-refractivity contribution >= 4 is 34.6 Å². The van der Waals surface area contributed by atoms with Gasteiger partial charge in [0.25, 0.3) is 0 Å². The molecule has 0 bridgehead atoms. The normalized spacial score (nSPS) is 12.0. The minimum atomic E-state index is -0.376. The molecule has 5 heteroatoms. The second-order valence-electron chi connectivity index (χ2n) is 4.52. The number of hydrogen-bond donors (Lipinski definition) is 1. The topological polar surface area (TPSA) is 38.3 Å². The van der Waals surface area contributed by atoms with Crippen LogP contribution in [0.2, 0.25) is 5.02 Å². The third kappa shape index (κ3) is 3.14. The molecule has 0 saturated carbocycles. The van der Waals surface area contributed by atoms with Gasteiger partial charge in [-0.05, 0) is 49.1 Å². The van der Waals surface area contributed by atoms with Gasteiger partial charge in [0, 0.05) is 9.90 Å². The molecule has 1 unspecified atom stereocenters. The Kier molecular flexibility index (Phi) is 4.68. The van der Waals surface area contributed by atoms with Crippen LogP contribution in [-0.2, 0) is 4.74 Å². The zero-order chi connectivity index (χ0) is 14.7. The quantitative estimate of drug-likeness (QED) is 0.834. The van der Waals surface area contributed by atoms with E-state index in [2.05, 4.69) is 30.6 Å². The highest BCUT2D eigenvalue weighted by Gasteiger charge is 2.16. The number of nitrogens with one attached hydrogen (secondary N) is 1. The van der Waals surface area contributed by atoms with Crippen molar-refractivity contribution in [1.29, 1.82) is 0 Å². The molecule has 0 spiro atoms. The van der Waals surface area contributed by atoms with Crippen LogP contribution in [0.25, 0.3) is 0 Å². The monoisotopic (exact) mass is 309 g/mol. The highest BCUT2D eigenvalue weighted by molar-refractivity contribution is 7.10. The molecule has 0 radical (unpaired) electrons. The Bertz CT molecular complexity index is 624. The summed E-state index contributed by atoms with van der Waals surface area (Å²) in [5.74, 6) is -0.376. The van der Waals surface area contributed by atoms with Gasteiger partial charge >= 0.3 is 5.97 Å². The smallest absolute Gasteiger partial charge is 0.339 e. The summed E-state index contributed by atoms with van der Waals surface area (Å²) in [4.78, 5) is 13.0. The summed E-state index contributed by atoms with van der Waals surface area (Å²) in [5.41, 5.74) is 2.40. The van der Waals surface area contributed by atoms with Crippen molar-refractivity contribution in [3.63, 3.8) is 0 Å². The molecule has 1 aromatic carbocycles. The Morgan fingerprint density at radius 3 is 2.75 bits per heavy atom. The van der Waals surface area contributed by atoms with E-state index in [9.17, 15) is 4.79 Å². The summed E-state index contributed by atoms with van der Waals surface area (Å²) in [6.07, 6.45) is 0. The minimum absolute atomic E-state index is 0.0943. The number of thiophene rings is 1. The predicted octanol–water partition coefficient (Wildman–Crippen LogP) is 4.67. The van der Waals surface area contributed by atoms with E-state index in [4.69, 9.17) is 16.3 Å². The molecule has 1 N–H and O–H groups in total. The van der Waals surface area contributed by atoms with Gasteiger partial charge in [0.15, 0.2) is 0 Å². The zero-order valence-corrected chi connectivity index (χ0v) is 13.1. The van der Waals surface area contributed by atoms with Gasteiger partial charge in [-0.3, -0.25) is 0 Å². The van der Waals surface area contributed by atoms with Crippen LogP contribution in [0, 0.1) is 6.92 Å². The molecule has 106 valence electrons. The fraction of sp³-hybridized carbons (Fsp3) is 0.267. The molecule has 2 rings (SSSR count). The van der Waals surface area contributed by atoms with Crippen LogP contribution in [0.3, 0.4) is 0 Å². The summed E-state index contributed by atoms with van der Waals surface area (Å²) in [5, 5.41) is 5.97. The van der Waals surface area contributed by atoms with Gasteiger partial charge in [0.05, 0.1) is 24.4 Å². The Morgan fingerprint density at radius 1 is 1.40 bits per heavy atom. The lowest BCUT2D eigenvalue weighted by atomic mass is 10.1. The van der Waals surface area contributed by atoms with Crippen LogP contribution in [0.1, 0.15) is 33.8 Å². The maximum absolute atomic E-state index is 11.8. The molecule has 1 heterocycles. The number of esters is 1. The van der Waals surface area contributed by atoms with Crippen molar-refractivity contribution in [2.24, 2.45) is 0 Å². The number of methoxy groups -OCH3 is 1. The average molecular weight is 310 g/mol. The van der Waals surface area contributed by atoms with Crippen LogP contribution in [0.4, 0.5) is 5.69 Å². The van der Waals surface area contributed by atoms with Crippen molar-refractivity contribution in [3.8, 4) is 0 Å². The maximum atomic E-state index is 11.8. The first-order chi connectivity index (χ1) is 9.52. The fourth-order valence-electron chi connectivity index (χ4n) is 2.05. The Balaban J connectivity index is 2.30. The van der Waals surface area contributed by atoms with Gasteiger partial charge in [-0.2, -0.15) is 0 Å². The number of halogens is 1. The average Bonchev–Trinajstić information content (AvgIpc) is 2.84. The lowest BCUT2D eigenvalue weighted by Gasteiger charge is -2.17. The molecular weight excluding hydrogens is 294 g/mol. The van der Waals surface area contributed by atoms with Gasteiger partial charge in [-0.15, -0.1) is 11.3 Å². The predicted molar refractivity (Wildman–Crippen MR) is 83.9 cm³/mol. The molecule has 2 aromatic rings. The number of benzene rings is 1. The number of hydrogen-bond acceptors (Lipinski definition) is 4. The molecular formula is C15H16ClNO2S. The molecule has 1 aromatic heterocycles. The number of carbonyl (C=O) groups is 1. The number of rotatable bonds is 4. The second kappa shape index (κ2) is 6.29. The number of anilines is 1. The van der Waals surface area contributed by atoms with E-state index >= 15 is 0 Å². The number of aryl methyl sites for hydroxylation is 1. The third-order valence-corrected chi connectivity index (χ3v) is 4.49. The molecule has 0 aliphatic rings. The molecule has 0 saturated heterocycles. The molecule has 20 heavy (non-hydrogen) atoms. The van der Waals surface area contributed by atoms with Crippen molar-refractivity contribution in [2.75, 3.05) is 12.4 Å². The number of ether oxygens (including phenoxy) is 1. The summed E-state index contributed by atoms with van der Waals surface area (Å²) in [6, 6.07) is 7.27.